The highest BCUT2D eigenvalue weighted by Crippen LogP contribution is 2.39. The molecule has 6 nitrogen and oxygen atoms in total. The summed E-state index contributed by atoms with van der Waals surface area (Å²) in [4.78, 5) is 28.1. The maximum atomic E-state index is 12.0. The molecule has 1 atom stereocenters. The van der Waals surface area contributed by atoms with Crippen LogP contribution in [0.25, 0.3) is 10.2 Å². The molecule has 1 N–H and O–H groups in total. The minimum absolute atomic E-state index is 0.181. The molecule has 0 aliphatic heterocycles. The number of nitriles is 1. The molecule has 1 amide bonds. The van der Waals surface area contributed by atoms with Crippen LogP contribution in [0, 0.1) is 17.2 Å². The molecule has 2 aromatic rings. The smallest absolute Gasteiger partial charge is 0.338 e. The first-order valence-electron chi connectivity index (χ1n) is 7.24. The highest BCUT2D eigenvalue weighted by Gasteiger charge is 2.43. The summed E-state index contributed by atoms with van der Waals surface area (Å²) in [6.45, 7) is 1.30. The van der Waals surface area contributed by atoms with Crippen molar-refractivity contribution in [1.29, 1.82) is 5.26 Å². The highest BCUT2D eigenvalue weighted by atomic mass is 32.1. The molecule has 23 heavy (non-hydrogen) atoms. The Morgan fingerprint density at radius 1 is 1.52 bits per heavy atom. The Bertz CT molecular complexity index is 806. The van der Waals surface area contributed by atoms with Crippen LogP contribution in [0.4, 0.5) is 0 Å². The lowest BCUT2D eigenvalue weighted by molar-refractivity contribution is -0.125. The van der Waals surface area contributed by atoms with Gasteiger partial charge in [-0.1, -0.05) is 0 Å². The SMILES string of the molecule is C[C@](C#N)(NC(=O)COC(=O)c1ccc2ncsc2c1)C1CC1. The minimum Gasteiger partial charge on any atom is -0.452 e. The quantitative estimate of drug-likeness (QED) is 0.850. The number of carbonyl (C=O) groups is 2. The van der Waals surface area contributed by atoms with Crippen LogP contribution in [0.3, 0.4) is 0 Å². The molecule has 1 saturated carbocycles. The Morgan fingerprint density at radius 3 is 3.00 bits per heavy atom. The Morgan fingerprint density at radius 2 is 2.30 bits per heavy atom. The molecular formula is C16H15N3O3S. The second-order valence-corrected chi connectivity index (χ2v) is 6.63. The molecule has 1 fully saturated rings. The van der Waals surface area contributed by atoms with E-state index < -0.39 is 24.0 Å². The molecule has 1 heterocycles. The van der Waals surface area contributed by atoms with Crippen LogP contribution in [0.1, 0.15) is 30.1 Å². The number of ether oxygens (including phenoxy) is 1. The Balaban J connectivity index is 1.58. The average Bonchev–Trinajstić information content (AvgIpc) is 3.31. The lowest BCUT2D eigenvalue weighted by Gasteiger charge is -2.22. The standard InChI is InChI=1S/C16H15N3O3S/c1-16(8-17,11-3-4-11)19-14(20)7-22-15(21)10-2-5-12-13(6-10)23-9-18-12/h2,5-6,9,11H,3-4,7H2,1H3,(H,19,20)/t16-/m1/s1. The maximum Gasteiger partial charge on any atom is 0.338 e. The van der Waals surface area contributed by atoms with Gasteiger partial charge >= 0.3 is 5.97 Å². The number of benzene rings is 1. The van der Waals surface area contributed by atoms with Gasteiger partial charge < -0.3 is 10.1 Å². The molecule has 1 aliphatic rings. The summed E-state index contributed by atoms with van der Waals surface area (Å²) in [7, 11) is 0. The molecule has 0 bridgehead atoms. The lowest BCUT2D eigenvalue weighted by Crippen LogP contribution is -2.48. The summed E-state index contributed by atoms with van der Waals surface area (Å²) in [6.07, 6.45) is 1.86. The number of thiazole rings is 1. The van der Waals surface area contributed by atoms with E-state index in [2.05, 4.69) is 16.4 Å². The minimum atomic E-state index is -0.884. The van der Waals surface area contributed by atoms with Crippen LogP contribution in [0.5, 0.6) is 0 Å². The van der Waals surface area contributed by atoms with Crippen molar-refractivity contribution in [3.05, 3.63) is 29.3 Å². The van der Waals surface area contributed by atoms with Gasteiger partial charge in [0.05, 0.1) is 27.4 Å². The Hall–Kier alpha value is -2.46. The maximum absolute atomic E-state index is 12.0. The van der Waals surface area contributed by atoms with Gasteiger partial charge in [-0.25, -0.2) is 9.78 Å². The van der Waals surface area contributed by atoms with Gasteiger partial charge in [-0.2, -0.15) is 5.26 Å². The van der Waals surface area contributed by atoms with E-state index in [0.29, 0.717) is 5.56 Å². The number of esters is 1. The number of hydrogen-bond donors (Lipinski definition) is 1. The number of hydrogen-bond acceptors (Lipinski definition) is 6. The van der Waals surface area contributed by atoms with Crippen molar-refractivity contribution in [3.8, 4) is 6.07 Å². The zero-order valence-corrected chi connectivity index (χ0v) is 13.4. The normalized spacial score (nSPS) is 16.3. The number of rotatable bonds is 5. The lowest BCUT2D eigenvalue weighted by atomic mass is 9.98. The number of carbonyl (C=O) groups excluding carboxylic acids is 2. The van der Waals surface area contributed by atoms with Crippen molar-refractivity contribution >= 4 is 33.4 Å². The van der Waals surface area contributed by atoms with Gasteiger partial charge in [-0.3, -0.25) is 4.79 Å². The highest BCUT2D eigenvalue weighted by molar-refractivity contribution is 7.16. The zero-order valence-electron chi connectivity index (χ0n) is 12.5. The van der Waals surface area contributed by atoms with Crippen molar-refractivity contribution in [1.82, 2.24) is 10.3 Å². The third kappa shape index (κ3) is 3.32. The second-order valence-electron chi connectivity index (χ2n) is 5.75. The molecule has 118 valence electrons. The average molecular weight is 329 g/mol. The van der Waals surface area contributed by atoms with Crippen molar-refractivity contribution in [2.24, 2.45) is 5.92 Å². The molecule has 0 saturated heterocycles. The first kappa shape index (κ1) is 15.4. The number of aromatic nitrogens is 1. The van der Waals surface area contributed by atoms with Crippen LogP contribution >= 0.6 is 11.3 Å². The molecule has 0 unspecified atom stereocenters. The van der Waals surface area contributed by atoms with E-state index in [4.69, 9.17) is 4.74 Å². The van der Waals surface area contributed by atoms with Crippen molar-refractivity contribution in [2.75, 3.05) is 6.61 Å². The van der Waals surface area contributed by atoms with E-state index in [0.717, 1.165) is 23.1 Å². The largest absolute Gasteiger partial charge is 0.452 e. The number of nitrogens with one attached hydrogen (secondary N) is 1. The van der Waals surface area contributed by atoms with Gasteiger partial charge in [0.15, 0.2) is 6.61 Å². The Labute approximate surface area is 137 Å². The van der Waals surface area contributed by atoms with Gasteiger partial charge in [-0.05, 0) is 43.9 Å². The van der Waals surface area contributed by atoms with Crippen LogP contribution in [-0.2, 0) is 9.53 Å². The van der Waals surface area contributed by atoms with Gasteiger partial charge in [0.1, 0.15) is 5.54 Å². The predicted molar refractivity (Wildman–Crippen MR) is 84.8 cm³/mol. The van der Waals surface area contributed by atoms with Crippen LogP contribution in [-0.4, -0.2) is 29.0 Å². The third-order valence-corrected chi connectivity index (χ3v) is 4.72. The fourth-order valence-electron chi connectivity index (χ4n) is 2.40. The molecule has 1 aliphatic carbocycles. The number of amides is 1. The van der Waals surface area contributed by atoms with E-state index in [1.54, 1.807) is 30.6 Å². The first-order chi connectivity index (χ1) is 11.0. The van der Waals surface area contributed by atoms with Crippen LogP contribution in [0.2, 0.25) is 0 Å². The Kier molecular flexibility index (Phi) is 4.01. The van der Waals surface area contributed by atoms with E-state index in [9.17, 15) is 14.9 Å². The van der Waals surface area contributed by atoms with E-state index in [1.807, 2.05) is 0 Å². The van der Waals surface area contributed by atoms with Gasteiger partial charge in [0.25, 0.3) is 5.91 Å². The molecule has 1 aromatic heterocycles. The predicted octanol–water partition coefficient (Wildman–Crippen LogP) is 2.26. The van der Waals surface area contributed by atoms with Gasteiger partial charge in [-0.15, -0.1) is 11.3 Å². The summed E-state index contributed by atoms with van der Waals surface area (Å²) in [5, 5.41) is 11.9. The summed E-state index contributed by atoms with van der Waals surface area (Å²) in [5.74, 6) is -0.852. The van der Waals surface area contributed by atoms with E-state index in [-0.39, 0.29) is 5.92 Å². The summed E-state index contributed by atoms with van der Waals surface area (Å²) in [6, 6.07) is 7.18. The molecule has 0 radical (unpaired) electrons. The van der Waals surface area contributed by atoms with Crippen molar-refractivity contribution in [3.63, 3.8) is 0 Å². The molecule has 7 heteroatoms. The molecule has 1 aromatic carbocycles. The van der Waals surface area contributed by atoms with Gasteiger partial charge in [0, 0.05) is 0 Å². The fraction of sp³-hybridized carbons (Fsp3) is 0.375. The second kappa shape index (κ2) is 5.97. The number of nitrogens with zero attached hydrogens (tertiary/aromatic N) is 2. The van der Waals surface area contributed by atoms with Gasteiger partial charge in [0.2, 0.25) is 0 Å². The third-order valence-electron chi connectivity index (χ3n) is 3.93. The number of fused-ring (bicyclic) bond motifs is 1. The molecule has 3 rings (SSSR count). The van der Waals surface area contributed by atoms with Crippen LogP contribution < -0.4 is 5.32 Å². The van der Waals surface area contributed by atoms with Crippen molar-refractivity contribution < 1.29 is 14.3 Å². The van der Waals surface area contributed by atoms with E-state index in [1.165, 1.54) is 11.3 Å². The van der Waals surface area contributed by atoms with E-state index >= 15 is 0 Å². The molecular weight excluding hydrogens is 314 g/mol. The fourth-order valence-corrected chi connectivity index (χ4v) is 3.12. The molecule has 0 spiro atoms. The summed E-state index contributed by atoms with van der Waals surface area (Å²) in [5.41, 5.74) is 2.01. The zero-order chi connectivity index (χ0) is 16.4. The topological polar surface area (TPSA) is 92.1 Å². The van der Waals surface area contributed by atoms with Crippen LogP contribution in [0.15, 0.2) is 23.7 Å². The van der Waals surface area contributed by atoms with Crippen molar-refractivity contribution in [2.45, 2.75) is 25.3 Å². The monoisotopic (exact) mass is 329 g/mol. The first-order valence-corrected chi connectivity index (χ1v) is 8.12. The summed E-state index contributed by atoms with van der Waals surface area (Å²) < 4.78 is 5.91. The summed E-state index contributed by atoms with van der Waals surface area (Å²) >= 11 is 1.43.